The molecule has 0 spiro atoms. The number of carbonyl (C=O) groups excluding carboxylic acids is 2. The molecule has 0 saturated carbocycles. The fraction of sp³-hybridized carbons (Fsp3) is 0.600. The highest BCUT2D eigenvalue weighted by Gasteiger charge is 2.62. The minimum Gasteiger partial charge on any atom is -0.465 e. The Labute approximate surface area is 168 Å². The van der Waals surface area contributed by atoms with E-state index < -0.39 is 54.2 Å². The number of fused-ring (bicyclic) bond motifs is 3. The summed E-state index contributed by atoms with van der Waals surface area (Å²) in [5.41, 5.74) is 0.124. The minimum absolute atomic E-state index is 0.0636. The van der Waals surface area contributed by atoms with E-state index in [-0.39, 0.29) is 11.3 Å². The second kappa shape index (κ2) is 7.03. The first kappa shape index (κ1) is 20.2. The summed E-state index contributed by atoms with van der Waals surface area (Å²) in [6.07, 6.45) is -3.85. The molecule has 1 aromatic carbocycles. The molecule has 29 heavy (non-hydrogen) atoms. The summed E-state index contributed by atoms with van der Waals surface area (Å²) in [5, 5.41) is 0. The third-order valence-corrected chi connectivity index (χ3v) is 4.89. The summed E-state index contributed by atoms with van der Waals surface area (Å²) in [7, 11) is 1.25. The van der Waals surface area contributed by atoms with Gasteiger partial charge in [-0.3, -0.25) is 0 Å². The molecule has 9 heteroatoms. The first-order valence-electron chi connectivity index (χ1n) is 9.36. The average molecular weight is 408 g/mol. The first-order chi connectivity index (χ1) is 13.6. The Morgan fingerprint density at radius 2 is 1.52 bits per heavy atom. The summed E-state index contributed by atoms with van der Waals surface area (Å²) >= 11 is 0. The number of hydrogen-bond acceptors (Lipinski definition) is 9. The number of ether oxygens (including phenoxy) is 7. The highest BCUT2D eigenvalue weighted by Crippen LogP contribution is 2.44. The molecule has 0 N–H and O–H groups in total. The molecule has 9 nitrogen and oxygen atoms in total. The zero-order valence-corrected chi connectivity index (χ0v) is 16.9. The highest BCUT2D eigenvalue weighted by atomic mass is 16.9. The van der Waals surface area contributed by atoms with E-state index in [0.717, 1.165) is 0 Å². The maximum atomic E-state index is 13.0. The van der Waals surface area contributed by atoms with Crippen LogP contribution in [0, 0.1) is 0 Å². The molecule has 5 atom stereocenters. The molecule has 0 amide bonds. The SMILES string of the molecule is COC(=O)c1ccccc1OC(=O)[C@@H]1O[C@@H]2OC(C)(C)O[C@@H]2[C@H]2OC(C)(C)O[C@H]21. The predicted molar refractivity (Wildman–Crippen MR) is 95.9 cm³/mol. The lowest BCUT2D eigenvalue weighted by Crippen LogP contribution is -2.58. The summed E-state index contributed by atoms with van der Waals surface area (Å²) in [6.45, 7) is 7.00. The van der Waals surface area contributed by atoms with Gasteiger partial charge < -0.3 is 33.2 Å². The van der Waals surface area contributed by atoms with Crippen molar-refractivity contribution in [3.63, 3.8) is 0 Å². The zero-order valence-electron chi connectivity index (χ0n) is 16.9. The molecule has 3 aliphatic rings. The van der Waals surface area contributed by atoms with E-state index in [0.29, 0.717) is 0 Å². The molecular weight excluding hydrogens is 384 g/mol. The van der Waals surface area contributed by atoms with Crippen LogP contribution in [0.2, 0.25) is 0 Å². The van der Waals surface area contributed by atoms with Gasteiger partial charge in [0.25, 0.3) is 0 Å². The van der Waals surface area contributed by atoms with Crippen LogP contribution in [0.25, 0.3) is 0 Å². The Kier molecular flexibility index (Phi) is 4.91. The Morgan fingerprint density at radius 3 is 2.24 bits per heavy atom. The van der Waals surface area contributed by atoms with E-state index in [1.165, 1.54) is 19.2 Å². The monoisotopic (exact) mass is 408 g/mol. The van der Waals surface area contributed by atoms with Gasteiger partial charge in [0.1, 0.15) is 29.6 Å². The molecule has 0 aliphatic carbocycles. The number of para-hydroxylation sites is 1. The van der Waals surface area contributed by atoms with Gasteiger partial charge in [-0.15, -0.1) is 0 Å². The lowest BCUT2D eigenvalue weighted by Gasteiger charge is -2.35. The van der Waals surface area contributed by atoms with Crippen molar-refractivity contribution in [2.75, 3.05) is 7.11 Å². The van der Waals surface area contributed by atoms with E-state index in [1.54, 1.807) is 39.8 Å². The van der Waals surface area contributed by atoms with Crippen LogP contribution < -0.4 is 4.74 Å². The summed E-state index contributed by atoms with van der Waals surface area (Å²) in [6, 6.07) is 6.29. The zero-order chi connectivity index (χ0) is 21.0. The van der Waals surface area contributed by atoms with Gasteiger partial charge in [0.05, 0.1) is 7.11 Å². The number of benzene rings is 1. The van der Waals surface area contributed by atoms with Crippen LogP contribution in [0.3, 0.4) is 0 Å². The van der Waals surface area contributed by atoms with E-state index in [9.17, 15) is 9.59 Å². The smallest absolute Gasteiger partial charge is 0.343 e. The molecule has 0 unspecified atom stereocenters. The van der Waals surface area contributed by atoms with Crippen molar-refractivity contribution < 1.29 is 42.7 Å². The third-order valence-electron chi connectivity index (χ3n) is 4.89. The Hall–Kier alpha value is -2.04. The van der Waals surface area contributed by atoms with E-state index >= 15 is 0 Å². The molecule has 3 fully saturated rings. The number of esters is 2. The van der Waals surface area contributed by atoms with Gasteiger partial charge >= 0.3 is 11.9 Å². The van der Waals surface area contributed by atoms with Crippen molar-refractivity contribution in [1.29, 1.82) is 0 Å². The van der Waals surface area contributed by atoms with Crippen molar-refractivity contribution in [2.24, 2.45) is 0 Å². The predicted octanol–water partition coefficient (Wildman–Crippen LogP) is 1.78. The third kappa shape index (κ3) is 3.76. The van der Waals surface area contributed by atoms with E-state index in [1.807, 2.05) is 0 Å². The van der Waals surface area contributed by atoms with Crippen LogP contribution in [0.4, 0.5) is 0 Å². The second-order valence-corrected chi connectivity index (χ2v) is 8.00. The van der Waals surface area contributed by atoms with Crippen LogP contribution in [-0.4, -0.2) is 61.3 Å². The lowest BCUT2D eigenvalue weighted by molar-refractivity contribution is -0.236. The summed E-state index contributed by atoms with van der Waals surface area (Å²) in [5.74, 6) is -3.12. The largest absolute Gasteiger partial charge is 0.465 e. The lowest BCUT2D eigenvalue weighted by atomic mass is 9.99. The van der Waals surface area contributed by atoms with Gasteiger partial charge in [-0.2, -0.15) is 0 Å². The van der Waals surface area contributed by atoms with Crippen molar-refractivity contribution in [3.05, 3.63) is 29.8 Å². The molecule has 1 aromatic rings. The van der Waals surface area contributed by atoms with E-state index in [2.05, 4.69) is 0 Å². The molecular formula is C20H24O9. The van der Waals surface area contributed by atoms with Gasteiger partial charge in [-0.25, -0.2) is 9.59 Å². The minimum atomic E-state index is -1.13. The fourth-order valence-electron chi connectivity index (χ4n) is 3.80. The molecule has 158 valence electrons. The number of methoxy groups -OCH3 is 1. The van der Waals surface area contributed by atoms with Crippen molar-refractivity contribution in [2.45, 2.75) is 70.0 Å². The Morgan fingerprint density at radius 1 is 0.897 bits per heavy atom. The normalized spacial score (nSPS) is 34.2. The molecule has 4 rings (SSSR count). The molecule has 0 radical (unpaired) electrons. The van der Waals surface area contributed by atoms with Crippen LogP contribution >= 0.6 is 0 Å². The maximum absolute atomic E-state index is 13.0. The number of hydrogen-bond donors (Lipinski definition) is 0. The number of carbonyl (C=O) groups is 2. The number of rotatable bonds is 3. The van der Waals surface area contributed by atoms with Gasteiger partial charge in [-0.05, 0) is 39.8 Å². The van der Waals surface area contributed by atoms with Crippen LogP contribution in [0.15, 0.2) is 24.3 Å². The van der Waals surface area contributed by atoms with Crippen LogP contribution in [0.1, 0.15) is 38.1 Å². The first-order valence-corrected chi connectivity index (χ1v) is 9.36. The summed E-state index contributed by atoms with van der Waals surface area (Å²) in [4.78, 5) is 25.0. The van der Waals surface area contributed by atoms with Crippen molar-refractivity contribution in [3.8, 4) is 5.75 Å². The Balaban J connectivity index is 1.59. The fourth-order valence-corrected chi connectivity index (χ4v) is 3.80. The molecule has 0 bridgehead atoms. The molecule has 0 aromatic heterocycles. The summed E-state index contributed by atoms with van der Waals surface area (Å²) < 4.78 is 39.7. The van der Waals surface area contributed by atoms with Gasteiger partial charge in [-0.1, -0.05) is 12.1 Å². The quantitative estimate of drug-likeness (QED) is 0.547. The van der Waals surface area contributed by atoms with Crippen LogP contribution in [-0.2, 0) is 33.2 Å². The molecule has 3 heterocycles. The van der Waals surface area contributed by atoms with Gasteiger partial charge in [0.15, 0.2) is 24.0 Å². The van der Waals surface area contributed by atoms with Gasteiger partial charge in [0, 0.05) is 0 Å². The standard InChI is InChI=1S/C20H24O9/c1-19(2)26-12-13(27-19)15-18(29-20(3,4)28-15)25-14(12)17(22)24-11-9-7-6-8-10(11)16(21)23-5/h6-9,12-15,18H,1-5H3/t12-,13+,14-,15-,18-/m1/s1. The maximum Gasteiger partial charge on any atom is 0.343 e. The van der Waals surface area contributed by atoms with Gasteiger partial charge in [0.2, 0.25) is 0 Å². The van der Waals surface area contributed by atoms with Crippen molar-refractivity contribution in [1.82, 2.24) is 0 Å². The topological polar surface area (TPSA) is 98.8 Å². The van der Waals surface area contributed by atoms with E-state index in [4.69, 9.17) is 33.2 Å². The second-order valence-electron chi connectivity index (χ2n) is 8.00. The van der Waals surface area contributed by atoms with Crippen molar-refractivity contribution >= 4 is 11.9 Å². The van der Waals surface area contributed by atoms with Crippen LogP contribution in [0.5, 0.6) is 5.75 Å². The highest BCUT2D eigenvalue weighted by molar-refractivity contribution is 5.93. The molecule has 3 saturated heterocycles. The molecule has 3 aliphatic heterocycles. The average Bonchev–Trinajstić information content (AvgIpc) is 3.14. The Bertz CT molecular complexity index is 818.